The number of rotatable bonds is 6. The van der Waals surface area contributed by atoms with E-state index >= 15 is 0 Å². The van der Waals surface area contributed by atoms with Gasteiger partial charge in [-0.25, -0.2) is 9.59 Å². The smallest absolute Gasteiger partial charge is 0.342 e. The molecule has 0 saturated heterocycles. The standard InChI is InChI=1S/C22H19N3O5/c1-29-21(27)17(13-18(26)15-9-5-3-6-10-15)19(22(28)30-2)20-24-23-14-25(20)16-11-7-4-8-12-16/h3-14,26H,1-2H3/b18-13-,19-17+. The van der Waals surface area contributed by atoms with Crippen molar-refractivity contribution in [3.8, 4) is 5.69 Å². The van der Waals surface area contributed by atoms with E-state index in [1.807, 2.05) is 18.2 Å². The summed E-state index contributed by atoms with van der Waals surface area (Å²) in [5, 5.41) is 18.4. The zero-order chi connectivity index (χ0) is 21.5. The summed E-state index contributed by atoms with van der Waals surface area (Å²) in [7, 11) is 2.35. The number of nitrogens with zero attached hydrogens (tertiary/aromatic N) is 3. The monoisotopic (exact) mass is 405 g/mol. The number of methoxy groups -OCH3 is 2. The third kappa shape index (κ3) is 4.27. The number of para-hydroxylation sites is 1. The molecule has 0 aliphatic carbocycles. The van der Waals surface area contributed by atoms with Gasteiger partial charge in [-0.1, -0.05) is 48.5 Å². The Morgan fingerprint density at radius 1 is 0.933 bits per heavy atom. The Bertz CT molecular complexity index is 1100. The molecule has 0 unspecified atom stereocenters. The second-order valence-corrected chi connectivity index (χ2v) is 6.03. The van der Waals surface area contributed by atoms with Gasteiger partial charge in [0, 0.05) is 11.3 Å². The van der Waals surface area contributed by atoms with Crippen LogP contribution in [0.4, 0.5) is 0 Å². The maximum atomic E-state index is 12.7. The molecule has 3 rings (SSSR count). The molecule has 0 aliphatic rings. The van der Waals surface area contributed by atoms with Crippen LogP contribution in [-0.2, 0) is 19.1 Å². The molecule has 0 saturated carbocycles. The van der Waals surface area contributed by atoms with Crippen molar-refractivity contribution in [3.63, 3.8) is 0 Å². The van der Waals surface area contributed by atoms with Crippen LogP contribution in [-0.4, -0.2) is 46.0 Å². The molecule has 30 heavy (non-hydrogen) atoms. The second-order valence-electron chi connectivity index (χ2n) is 6.03. The molecule has 2 aromatic carbocycles. The number of carbonyl (C=O) groups excluding carboxylic acids is 2. The SMILES string of the molecule is COC(=O)C(/C=C(\O)c1ccccc1)=C(/C(=O)OC)c1nncn1-c1ccccc1. The van der Waals surface area contributed by atoms with Crippen LogP contribution in [0.25, 0.3) is 17.0 Å². The van der Waals surface area contributed by atoms with Crippen molar-refractivity contribution >= 4 is 23.3 Å². The highest BCUT2D eigenvalue weighted by atomic mass is 16.5. The van der Waals surface area contributed by atoms with Crippen LogP contribution >= 0.6 is 0 Å². The number of benzene rings is 2. The summed E-state index contributed by atoms with van der Waals surface area (Å²) in [6.07, 6.45) is 2.56. The van der Waals surface area contributed by atoms with Gasteiger partial charge in [0.05, 0.1) is 19.8 Å². The zero-order valence-corrected chi connectivity index (χ0v) is 16.4. The van der Waals surface area contributed by atoms with Crippen molar-refractivity contribution in [3.05, 3.63) is 90.0 Å². The number of ether oxygens (including phenoxy) is 2. The average molecular weight is 405 g/mol. The maximum Gasteiger partial charge on any atom is 0.342 e. The number of aromatic nitrogens is 3. The normalized spacial score (nSPS) is 12.1. The molecule has 8 heteroatoms. The Kier molecular flexibility index (Phi) is 6.39. The van der Waals surface area contributed by atoms with Crippen LogP contribution in [0.15, 0.2) is 78.6 Å². The molecule has 1 aromatic heterocycles. The van der Waals surface area contributed by atoms with Gasteiger partial charge < -0.3 is 14.6 Å². The highest BCUT2D eigenvalue weighted by Crippen LogP contribution is 2.25. The molecule has 0 atom stereocenters. The number of carbonyl (C=O) groups is 2. The van der Waals surface area contributed by atoms with Crippen LogP contribution in [0.1, 0.15) is 11.4 Å². The van der Waals surface area contributed by atoms with Crippen molar-refractivity contribution in [2.45, 2.75) is 0 Å². The summed E-state index contributed by atoms with van der Waals surface area (Å²) in [6.45, 7) is 0. The fourth-order valence-corrected chi connectivity index (χ4v) is 2.78. The molecule has 3 aromatic rings. The van der Waals surface area contributed by atoms with Crippen LogP contribution in [0.3, 0.4) is 0 Å². The Labute approximate surface area is 172 Å². The predicted molar refractivity (Wildman–Crippen MR) is 109 cm³/mol. The fourth-order valence-electron chi connectivity index (χ4n) is 2.78. The van der Waals surface area contributed by atoms with Crippen LogP contribution in [0.2, 0.25) is 0 Å². The van der Waals surface area contributed by atoms with E-state index in [0.29, 0.717) is 11.3 Å². The first-order chi connectivity index (χ1) is 14.6. The van der Waals surface area contributed by atoms with E-state index in [2.05, 4.69) is 10.2 Å². The van der Waals surface area contributed by atoms with Gasteiger partial charge in [0.25, 0.3) is 0 Å². The Balaban J connectivity index is 2.27. The quantitative estimate of drug-likeness (QED) is 0.291. The molecule has 152 valence electrons. The number of aliphatic hydroxyl groups is 1. The molecule has 0 bridgehead atoms. The summed E-state index contributed by atoms with van der Waals surface area (Å²) < 4.78 is 11.3. The van der Waals surface area contributed by atoms with E-state index < -0.39 is 11.9 Å². The highest BCUT2D eigenvalue weighted by Gasteiger charge is 2.28. The second kappa shape index (κ2) is 9.33. The minimum Gasteiger partial charge on any atom is -0.507 e. The molecular weight excluding hydrogens is 386 g/mol. The van der Waals surface area contributed by atoms with E-state index in [1.165, 1.54) is 25.1 Å². The Morgan fingerprint density at radius 3 is 2.13 bits per heavy atom. The van der Waals surface area contributed by atoms with E-state index in [1.54, 1.807) is 42.5 Å². The molecule has 0 amide bonds. The fraction of sp³-hybridized carbons (Fsp3) is 0.0909. The molecule has 0 spiro atoms. The predicted octanol–water partition coefficient (Wildman–Crippen LogP) is 2.97. The highest BCUT2D eigenvalue weighted by molar-refractivity contribution is 6.23. The minimum atomic E-state index is -0.847. The minimum absolute atomic E-state index is 0.0607. The van der Waals surface area contributed by atoms with Gasteiger partial charge in [-0.3, -0.25) is 4.57 Å². The van der Waals surface area contributed by atoms with Crippen molar-refractivity contribution in [1.29, 1.82) is 0 Å². The summed E-state index contributed by atoms with van der Waals surface area (Å²) in [6, 6.07) is 17.6. The third-order valence-electron chi connectivity index (χ3n) is 4.22. The lowest BCUT2D eigenvalue weighted by molar-refractivity contribution is -0.137. The van der Waals surface area contributed by atoms with Gasteiger partial charge in [0.1, 0.15) is 17.7 Å². The van der Waals surface area contributed by atoms with Gasteiger partial charge in [-0.2, -0.15) is 0 Å². The largest absolute Gasteiger partial charge is 0.507 e. The van der Waals surface area contributed by atoms with Crippen molar-refractivity contribution < 1.29 is 24.2 Å². The van der Waals surface area contributed by atoms with Crippen molar-refractivity contribution in [2.75, 3.05) is 14.2 Å². The third-order valence-corrected chi connectivity index (χ3v) is 4.22. The van der Waals surface area contributed by atoms with Gasteiger partial charge in [-0.05, 0) is 18.2 Å². The van der Waals surface area contributed by atoms with Crippen molar-refractivity contribution in [1.82, 2.24) is 14.8 Å². The number of hydrogen-bond donors (Lipinski definition) is 1. The first-order valence-electron chi connectivity index (χ1n) is 8.89. The summed E-state index contributed by atoms with van der Waals surface area (Å²) >= 11 is 0. The lowest BCUT2D eigenvalue weighted by atomic mass is 10.0. The molecule has 1 N–H and O–H groups in total. The maximum absolute atomic E-state index is 12.7. The van der Waals surface area contributed by atoms with Gasteiger partial charge in [-0.15, -0.1) is 10.2 Å². The number of aliphatic hydroxyl groups excluding tert-OH is 1. The van der Waals surface area contributed by atoms with E-state index in [-0.39, 0.29) is 22.7 Å². The van der Waals surface area contributed by atoms with E-state index in [0.717, 1.165) is 6.08 Å². The molecule has 0 fully saturated rings. The lowest BCUT2D eigenvalue weighted by Crippen LogP contribution is -2.16. The van der Waals surface area contributed by atoms with Gasteiger partial charge in [0.15, 0.2) is 5.82 Å². The van der Waals surface area contributed by atoms with Crippen LogP contribution in [0.5, 0.6) is 0 Å². The first-order valence-corrected chi connectivity index (χ1v) is 8.89. The number of esters is 2. The van der Waals surface area contributed by atoms with Gasteiger partial charge >= 0.3 is 11.9 Å². The molecule has 1 heterocycles. The molecule has 8 nitrogen and oxygen atoms in total. The summed E-state index contributed by atoms with van der Waals surface area (Å²) in [5.74, 6) is -1.85. The first kappa shape index (κ1) is 20.5. The topological polar surface area (TPSA) is 104 Å². The lowest BCUT2D eigenvalue weighted by Gasteiger charge is -2.12. The zero-order valence-electron chi connectivity index (χ0n) is 16.4. The average Bonchev–Trinajstić information content (AvgIpc) is 3.28. The van der Waals surface area contributed by atoms with Crippen LogP contribution in [0, 0.1) is 0 Å². The van der Waals surface area contributed by atoms with Crippen LogP contribution < -0.4 is 0 Å². The molecular formula is C22H19N3O5. The Morgan fingerprint density at radius 2 is 1.53 bits per heavy atom. The summed E-state index contributed by atoms with van der Waals surface area (Å²) in [4.78, 5) is 25.3. The number of hydrogen-bond acceptors (Lipinski definition) is 7. The van der Waals surface area contributed by atoms with E-state index in [9.17, 15) is 14.7 Å². The molecule has 0 aliphatic heterocycles. The van der Waals surface area contributed by atoms with Gasteiger partial charge in [0.2, 0.25) is 0 Å². The molecule has 0 radical (unpaired) electrons. The summed E-state index contributed by atoms with van der Waals surface area (Å²) in [5.41, 5.74) is 0.691. The Hall–Kier alpha value is -4.20. The van der Waals surface area contributed by atoms with Crippen molar-refractivity contribution in [2.24, 2.45) is 0 Å². The van der Waals surface area contributed by atoms with E-state index in [4.69, 9.17) is 9.47 Å².